The first-order valence-electron chi connectivity index (χ1n) is 9.67. The van der Waals surface area contributed by atoms with Gasteiger partial charge in [-0.15, -0.1) is 0 Å². The molecule has 1 fully saturated rings. The first-order chi connectivity index (χ1) is 14.4. The number of carbonyl (C=O) groups is 1. The van der Waals surface area contributed by atoms with E-state index in [9.17, 15) is 18.7 Å². The molecule has 2 aromatic carbocycles. The van der Waals surface area contributed by atoms with E-state index in [1.807, 2.05) is 0 Å². The number of hydrogen-bond donors (Lipinski definition) is 1. The summed E-state index contributed by atoms with van der Waals surface area (Å²) in [5.74, 6) is -0.910. The maximum atomic E-state index is 13.3. The molecule has 0 saturated carbocycles. The monoisotopic (exact) mass is 413 g/mol. The summed E-state index contributed by atoms with van der Waals surface area (Å²) in [7, 11) is 0. The van der Waals surface area contributed by atoms with E-state index in [0.29, 0.717) is 31.7 Å². The third-order valence-corrected chi connectivity index (χ3v) is 5.19. The second-order valence-electron chi connectivity index (χ2n) is 7.21. The first kappa shape index (κ1) is 20.0. The van der Waals surface area contributed by atoms with E-state index in [1.165, 1.54) is 43.3 Å². The topological polar surface area (TPSA) is 69.8 Å². The number of anilines is 1. The van der Waals surface area contributed by atoms with Gasteiger partial charge in [-0.2, -0.15) is 0 Å². The molecular formula is C22H21F2N3O3. The Bertz CT molecular complexity index is 1020. The molecule has 3 aromatic rings. The zero-order valence-electron chi connectivity index (χ0n) is 16.4. The highest BCUT2D eigenvalue weighted by atomic mass is 19.1. The van der Waals surface area contributed by atoms with Crippen LogP contribution in [-0.4, -0.2) is 47.2 Å². The minimum atomic E-state index is -1.02. The van der Waals surface area contributed by atoms with Crippen LogP contribution in [-0.2, 0) is 0 Å². The molecule has 0 aliphatic carbocycles. The minimum absolute atomic E-state index is 0.0836. The van der Waals surface area contributed by atoms with Gasteiger partial charge in [0.15, 0.2) is 5.76 Å². The fourth-order valence-electron chi connectivity index (χ4n) is 3.58. The van der Waals surface area contributed by atoms with Crippen LogP contribution in [0.25, 0.3) is 11.3 Å². The van der Waals surface area contributed by atoms with E-state index in [0.717, 1.165) is 5.69 Å². The Morgan fingerprint density at radius 3 is 2.13 bits per heavy atom. The number of aliphatic hydroxyl groups is 1. The fraction of sp³-hybridized carbons (Fsp3) is 0.273. The van der Waals surface area contributed by atoms with Crippen molar-refractivity contribution < 1.29 is 23.2 Å². The molecule has 1 aliphatic rings. The van der Waals surface area contributed by atoms with Crippen LogP contribution in [0.2, 0.25) is 0 Å². The number of aromatic nitrogens is 1. The van der Waals surface area contributed by atoms with Gasteiger partial charge in [0, 0.05) is 37.4 Å². The lowest BCUT2D eigenvalue weighted by molar-refractivity contribution is 0.0735. The lowest BCUT2D eigenvalue weighted by Crippen LogP contribution is -2.49. The SMILES string of the molecule is CC(O)c1onc(-c2ccc(F)cc2)c1C(=O)N1CCN(c2ccc(F)cc2)CC1. The molecule has 1 unspecified atom stereocenters. The van der Waals surface area contributed by atoms with Gasteiger partial charge < -0.3 is 19.4 Å². The molecule has 2 heterocycles. The summed E-state index contributed by atoms with van der Waals surface area (Å²) in [5.41, 5.74) is 1.88. The van der Waals surface area contributed by atoms with Crippen molar-refractivity contribution in [1.29, 1.82) is 0 Å². The average molecular weight is 413 g/mol. The minimum Gasteiger partial charge on any atom is -0.385 e. The molecule has 0 radical (unpaired) electrons. The number of nitrogens with zero attached hydrogens (tertiary/aromatic N) is 3. The van der Waals surface area contributed by atoms with Crippen molar-refractivity contribution in [3.63, 3.8) is 0 Å². The van der Waals surface area contributed by atoms with Crippen LogP contribution in [0.5, 0.6) is 0 Å². The van der Waals surface area contributed by atoms with Gasteiger partial charge >= 0.3 is 0 Å². The standard InChI is InChI=1S/C22H21F2N3O3/c1-14(28)21-19(20(25-30-21)15-2-4-16(23)5-3-15)22(29)27-12-10-26(11-13-27)18-8-6-17(24)7-9-18/h2-9,14,28H,10-13H2,1H3. The van der Waals surface area contributed by atoms with Gasteiger partial charge in [-0.3, -0.25) is 4.79 Å². The highest BCUT2D eigenvalue weighted by Gasteiger charge is 2.31. The summed E-state index contributed by atoms with van der Waals surface area (Å²) in [6.45, 7) is 3.56. The second-order valence-corrected chi connectivity index (χ2v) is 7.21. The highest BCUT2D eigenvalue weighted by Crippen LogP contribution is 2.31. The van der Waals surface area contributed by atoms with Crippen molar-refractivity contribution in [3.8, 4) is 11.3 Å². The van der Waals surface area contributed by atoms with E-state index < -0.39 is 11.9 Å². The molecule has 1 atom stereocenters. The van der Waals surface area contributed by atoms with Crippen LogP contribution >= 0.6 is 0 Å². The van der Waals surface area contributed by atoms with Crippen molar-refractivity contribution in [1.82, 2.24) is 10.1 Å². The Morgan fingerprint density at radius 2 is 1.57 bits per heavy atom. The quantitative estimate of drug-likeness (QED) is 0.707. The predicted molar refractivity (Wildman–Crippen MR) is 107 cm³/mol. The summed E-state index contributed by atoms with van der Waals surface area (Å²) in [6.07, 6.45) is -1.02. The summed E-state index contributed by atoms with van der Waals surface area (Å²) < 4.78 is 31.7. The van der Waals surface area contributed by atoms with E-state index in [2.05, 4.69) is 10.1 Å². The summed E-state index contributed by atoms with van der Waals surface area (Å²) in [6, 6.07) is 11.8. The van der Waals surface area contributed by atoms with Gasteiger partial charge in [0.2, 0.25) is 0 Å². The molecule has 156 valence electrons. The fourth-order valence-corrected chi connectivity index (χ4v) is 3.58. The number of carbonyl (C=O) groups excluding carboxylic acids is 1. The number of hydrogen-bond acceptors (Lipinski definition) is 5. The van der Waals surface area contributed by atoms with E-state index >= 15 is 0 Å². The summed E-state index contributed by atoms with van der Waals surface area (Å²) in [5, 5.41) is 14.0. The van der Waals surface area contributed by atoms with Gasteiger partial charge in [-0.05, 0) is 55.5 Å². The number of aliphatic hydroxyl groups excluding tert-OH is 1. The van der Waals surface area contributed by atoms with Gasteiger partial charge in [0.05, 0.1) is 0 Å². The Morgan fingerprint density at radius 1 is 1.00 bits per heavy atom. The smallest absolute Gasteiger partial charge is 0.259 e. The third kappa shape index (κ3) is 3.91. The Hall–Kier alpha value is -3.26. The molecule has 0 bridgehead atoms. The van der Waals surface area contributed by atoms with Gasteiger partial charge in [-0.25, -0.2) is 8.78 Å². The highest BCUT2D eigenvalue weighted by molar-refractivity contribution is 6.01. The second kappa shape index (κ2) is 8.23. The van der Waals surface area contributed by atoms with Crippen molar-refractivity contribution >= 4 is 11.6 Å². The lowest BCUT2D eigenvalue weighted by Gasteiger charge is -2.36. The van der Waals surface area contributed by atoms with Gasteiger partial charge in [0.25, 0.3) is 5.91 Å². The number of benzene rings is 2. The van der Waals surface area contributed by atoms with E-state index in [4.69, 9.17) is 4.52 Å². The number of piperazine rings is 1. The molecule has 1 aromatic heterocycles. The van der Waals surface area contributed by atoms with Crippen LogP contribution in [0.3, 0.4) is 0 Å². The van der Waals surface area contributed by atoms with E-state index in [1.54, 1.807) is 17.0 Å². The molecular weight excluding hydrogens is 392 g/mol. The number of amides is 1. The molecule has 1 aliphatic heterocycles. The molecule has 4 rings (SSSR count). The van der Waals surface area contributed by atoms with Crippen molar-refractivity contribution in [2.45, 2.75) is 13.0 Å². The average Bonchev–Trinajstić information content (AvgIpc) is 3.20. The molecule has 0 spiro atoms. The van der Waals surface area contributed by atoms with Crippen LogP contribution in [0.15, 0.2) is 53.1 Å². The predicted octanol–water partition coefficient (Wildman–Crippen LogP) is 3.64. The van der Waals surface area contributed by atoms with Crippen molar-refractivity contribution in [3.05, 3.63) is 71.5 Å². The maximum Gasteiger partial charge on any atom is 0.259 e. The maximum absolute atomic E-state index is 13.3. The Kier molecular flexibility index (Phi) is 5.50. The van der Waals surface area contributed by atoms with Crippen molar-refractivity contribution in [2.24, 2.45) is 0 Å². The molecule has 1 N–H and O–H groups in total. The van der Waals surface area contributed by atoms with Crippen LogP contribution in [0.1, 0.15) is 29.1 Å². The van der Waals surface area contributed by atoms with Gasteiger partial charge in [0.1, 0.15) is 29.0 Å². The Labute approximate surface area is 172 Å². The third-order valence-electron chi connectivity index (χ3n) is 5.19. The van der Waals surface area contributed by atoms with Crippen LogP contribution in [0.4, 0.5) is 14.5 Å². The molecule has 1 saturated heterocycles. The summed E-state index contributed by atoms with van der Waals surface area (Å²) in [4.78, 5) is 17.1. The zero-order valence-corrected chi connectivity index (χ0v) is 16.4. The van der Waals surface area contributed by atoms with Gasteiger partial charge in [-0.1, -0.05) is 5.16 Å². The normalized spacial score (nSPS) is 15.3. The first-order valence-corrected chi connectivity index (χ1v) is 9.67. The van der Waals surface area contributed by atoms with Crippen molar-refractivity contribution in [2.75, 3.05) is 31.1 Å². The van der Waals surface area contributed by atoms with Crippen LogP contribution < -0.4 is 4.90 Å². The lowest BCUT2D eigenvalue weighted by atomic mass is 10.0. The molecule has 8 heteroatoms. The summed E-state index contributed by atoms with van der Waals surface area (Å²) >= 11 is 0. The van der Waals surface area contributed by atoms with E-state index in [-0.39, 0.29) is 28.7 Å². The molecule has 30 heavy (non-hydrogen) atoms. The number of halogens is 2. The zero-order chi connectivity index (χ0) is 21.3. The largest absolute Gasteiger partial charge is 0.385 e. The number of rotatable bonds is 4. The molecule has 6 nitrogen and oxygen atoms in total. The molecule has 1 amide bonds. The Balaban J connectivity index is 1.56. The van der Waals surface area contributed by atoms with Crippen LogP contribution in [0, 0.1) is 11.6 Å².